The lowest BCUT2D eigenvalue weighted by molar-refractivity contribution is -0.115. The number of aromatic nitrogens is 3. The average molecular weight is 235 g/mol. The van der Waals surface area contributed by atoms with Gasteiger partial charge in [-0.25, -0.2) is 9.67 Å². The molecule has 1 heterocycles. The summed E-state index contributed by atoms with van der Waals surface area (Å²) in [7, 11) is 0. The molecule has 0 aliphatic carbocycles. The van der Waals surface area contributed by atoms with Crippen LogP contribution in [0.5, 0.6) is 0 Å². The Morgan fingerprint density at radius 1 is 1.53 bits per heavy atom. The van der Waals surface area contributed by atoms with Gasteiger partial charge < -0.3 is 0 Å². The molecule has 0 radical (unpaired) electrons. The molecule has 4 heteroatoms. The number of rotatable bonds is 6. The maximum atomic E-state index is 12.0. The topological polar surface area (TPSA) is 47.8 Å². The lowest BCUT2D eigenvalue weighted by Crippen LogP contribution is -2.15. The van der Waals surface area contributed by atoms with Gasteiger partial charge in [-0.2, -0.15) is 5.10 Å². The van der Waals surface area contributed by atoms with Crippen LogP contribution in [0.2, 0.25) is 0 Å². The molecule has 0 N–H and O–H groups in total. The summed E-state index contributed by atoms with van der Waals surface area (Å²) in [6, 6.07) is 0. The van der Waals surface area contributed by atoms with E-state index in [1.54, 1.807) is 0 Å². The molecular formula is C13H21N3O. The molecule has 0 saturated heterocycles. The van der Waals surface area contributed by atoms with Crippen molar-refractivity contribution in [3.63, 3.8) is 0 Å². The van der Waals surface area contributed by atoms with Gasteiger partial charge >= 0.3 is 0 Å². The highest BCUT2D eigenvalue weighted by Gasteiger charge is 2.13. The van der Waals surface area contributed by atoms with E-state index in [0.29, 0.717) is 12.3 Å². The molecule has 94 valence electrons. The molecule has 0 amide bonds. The third kappa shape index (κ3) is 3.80. The van der Waals surface area contributed by atoms with Crippen LogP contribution in [0.1, 0.15) is 39.9 Å². The fourth-order valence-corrected chi connectivity index (χ4v) is 1.74. The van der Waals surface area contributed by atoms with Crippen LogP contribution in [0, 0.1) is 5.92 Å². The van der Waals surface area contributed by atoms with E-state index in [1.807, 2.05) is 24.6 Å². The van der Waals surface area contributed by atoms with Gasteiger partial charge in [0.2, 0.25) is 0 Å². The van der Waals surface area contributed by atoms with Crippen LogP contribution in [-0.4, -0.2) is 20.5 Å². The molecule has 0 aliphatic heterocycles. The van der Waals surface area contributed by atoms with Crippen LogP contribution in [0.3, 0.4) is 0 Å². The molecule has 0 bridgehead atoms. The third-order valence-corrected chi connectivity index (χ3v) is 2.64. The summed E-state index contributed by atoms with van der Waals surface area (Å²) in [6.45, 7) is 8.94. The molecule has 0 spiro atoms. The summed E-state index contributed by atoms with van der Waals surface area (Å²) in [5, 5.41) is 4.15. The molecule has 0 fully saturated rings. The maximum Gasteiger partial charge on any atom is 0.166 e. The fourth-order valence-electron chi connectivity index (χ4n) is 1.74. The van der Waals surface area contributed by atoms with Crippen molar-refractivity contribution in [2.24, 2.45) is 5.92 Å². The lowest BCUT2D eigenvalue weighted by atomic mass is 10.1. The van der Waals surface area contributed by atoms with E-state index in [4.69, 9.17) is 0 Å². The van der Waals surface area contributed by atoms with E-state index in [2.05, 4.69) is 23.9 Å². The normalized spacial score (nSPS) is 12.2. The third-order valence-electron chi connectivity index (χ3n) is 2.64. The molecule has 1 rings (SSSR count). The first kappa shape index (κ1) is 13.6. The lowest BCUT2D eigenvalue weighted by Gasteiger charge is -2.08. The standard InChI is InChI=1S/C13H21N3O/c1-5-11(6-2)12(17)7-13-14-9-15-16(13)8-10(3)4/h5,9-10H,6-8H2,1-4H3. The van der Waals surface area contributed by atoms with E-state index < -0.39 is 0 Å². The van der Waals surface area contributed by atoms with Gasteiger partial charge in [0.25, 0.3) is 0 Å². The van der Waals surface area contributed by atoms with Gasteiger partial charge in [0.1, 0.15) is 12.2 Å². The number of nitrogens with zero attached hydrogens (tertiary/aromatic N) is 3. The maximum absolute atomic E-state index is 12.0. The predicted molar refractivity (Wildman–Crippen MR) is 67.6 cm³/mol. The Morgan fingerprint density at radius 2 is 2.24 bits per heavy atom. The fraction of sp³-hybridized carbons (Fsp3) is 0.615. The minimum Gasteiger partial charge on any atom is -0.294 e. The predicted octanol–water partition coefficient (Wildman–Crippen LogP) is 2.40. The zero-order valence-corrected chi connectivity index (χ0v) is 11.1. The van der Waals surface area contributed by atoms with Gasteiger partial charge in [-0.1, -0.05) is 26.8 Å². The second-order valence-corrected chi connectivity index (χ2v) is 4.52. The average Bonchev–Trinajstić information content (AvgIpc) is 2.66. The number of Topliss-reactive ketones (excluding diaryl/α,β-unsaturated/α-hetero) is 1. The monoisotopic (exact) mass is 235 g/mol. The summed E-state index contributed by atoms with van der Waals surface area (Å²) in [5.74, 6) is 1.41. The van der Waals surface area contributed by atoms with Crippen LogP contribution in [0.4, 0.5) is 0 Å². The molecule has 4 nitrogen and oxygen atoms in total. The van der Waals surface area contributed by atoms with Gasteiger partial charge in [0.15, 0.2) is 5.78 Å². The van der Waals surface area contributed by atoms with E-state index in [9.17, 15) is 4.79 Å². The summed E-state index contributed by atoms with van der Waals surface area (Å²) < 4.78 is 1.82. The van der Waals surface area contributed by atoms with Gasteiger partial charge in [-0.05, 0) is 24.8 Å². The first-order valence-electron chi connectivity index (χ1n) is 6.13. The number of ketones is 1. The van der Waals surface area contributed by atoms with Crippen molar-refractivity contribution >= 4 is 5.78 Å². The molecule has 0 unspecified atom stereocenters. The smallest absolute Gasteiger partial charge is 0.166 e. The molecule has 0 saturated carbocycles. The quantitative estimate of drug-likeness (QED) is 0.711. The molecule has 0 aromatic carbocycles. The molecule has 17 heavy (non-hydrogen) atoms. The largest absolute Gasteiger partial charge is 0.294 e. The summed E-state index contributed by atoms with van der Waals surface area (Å²) >= 11 is 0. The summed E-state index contributed by atoms with van der Waals surface area (Å²) in [6.07, 6.45) is 4.52. The number of carbonyl (C=O) groups is 1. The first-order chi connectivity index (χ1) is 8.08. The van der Waals surface area contributed by atoms with E-state index in [1.165, 1.54) is 6.33 Å². The SMILES string of the molecule is CC=C(CC)C(=O)Cc1ncnn1CC(C)C. The van der Waals surface area contributed by atoms with Crippen LogP contribution in [0.15, 0.2) is 18.0 Å². The van der Waals surface area contributed by atoms with Crippen molar-refractivity contribution in [3.8, 4) is 0 Å². The van der Waals surface area contributed by atoms with Crippen LogP contribution < -0.4 is 0 Å². The molecule has 0 atom stereocenters. The summed E-state index contributed by atoms with van der Waals surface area (Å²) in [5.41, 5.74) is 0.865. The zero-order valence-electron chi connectivity index (χ0n) is 11.1. The second kappa shape index (κ2) is 6.33. The van der Waals surface area contributed by atoms with E-state index >= 15 is 0 Å². The Labute approximate surface area is 103 Å². The minimum absolute atomic E-state index is 0.146. The van der Waals surface area contributed by atoms with Crippen LogP contribution in [0.25, 0.3) is 0 Å². The van der Waals surface area contributed by atoms with Crippen molar-refractivity contribution in [2.75, 3.05) is 0 Å². The molecular weight excluding hydrogens is 214 g/mol. The van der Waals surface area contributed by atoms with Crippen LogP contribution in [-0.2, 0) is 17.8 Å². The van der Waals surface area contributed by atoms with Crippen molar-refractivity contribution in [1.82, 2.24) is 14.8 Å². The van der Waals surface area contributed by atoms with Gasteiger partial charge in [0.05, 0.1) is 6.42 Å². The highest BCUT2D eigenvalue weighted by atomic mass is 16.1. The van der Waals surface area contributed by atoms with Gasteiger partial charge in [-0.3, -0.25) is 4.79 Å². The number of carbonyl (C=O) groups excluding carboxylic acids is 1. The Kier molecular flexibility index (Phi) is 5.07. The zero-order chi connectivity index (χ0) is 12.8. The Hall–Kier alpha value is -1.45. The Morgan fingerprint density at radius 3 is 2.76 bits per heavy atom. The minimum atomic E-state index is 0.146. The summed E-state index contributed by atoms with van der Waals surface area (Å²) in [4.78, 5) is 16.1. The highest BCUT2D eigenvalue weighted by Crippen LogP contribution is 2.08. The highest BCUT2D eigenvalue weighted by molar-refractivity contribution is 5.96. The van der Waals surface area contributed by atoms with Gasteiger partial charge in [-0.15, -0.1) is 0 Å². The first-order valence-corrected chi connectivity index (χ1v) is 6.13. The van der Waals surface area contributed by atoms with Crippen molar-refractivity contribution in [3.05, 3.63) is 23.8 Å². The molecule has 1 aromatic heterocycles. The van der Waals surface area contributed by atoms with Crippen molar-refractivity contribution in [1.29, 1.82) is 0 Å². The Balaban J connectivity index is 2.75. The van der Waals surface area contributed by atoms with Gasteiger partial charge in [0, 0.05) is 6.54 Å². The Bertz CT molecular complexity index is 405. The number of allylic oxidation sites excluding steroid dienone is 2. The molecule has 1 aromatic rings. The van der Waals surface area contributed by atoms with Crippen LogP contribution >= 0.6 is 0 Å². The van der Waals surface area contributed by atoms with E-state index in [0.717, 1.165) is 24.4 Å². The number of hydrogen-bond donors (Lipinski definition) is 0. The van der Waals surface area contributed by atoms with E-state index in [-0.39, 0.29) is 5.78 Å². The van der Waals surface area contributed by atoms with Crippen molar-refractivity contribution in [2.45, 2.75) is 47.1 Å². The van der Waals surface area contributed by atoms with Crippen molar-refractivity contribution < 1.29 is 4.79 Å². The second-order valence-electron chi connectivity index (χ2n) is 4.52. The number of hydrogen-bond acceptors (Lipinski definition) is 3. The molecule has 0 aliphatic rings.